The second-order valence-corrected chi connectivity index (χ2v) is 11.3. The third kappa shape index (κ3) is 6.18. The summed E-state index contributed by atoms with van der Waals surface area (Å²) in [4.78, 5) is 33.0. The third-order valence-electron chi connectivity index (χ3n) is 7.42. The summed E-state index contributed by atoms with van der Waals surface area (Å²) >= 11 is 1.27. The van der Waals surface area contributed by atoms with Gasteiger partial charge in [-0.15, -0.1) is 0 Å². The smallest absolute Gasteiger partial charge is 0.271 e. The number of anilines is 1. The number of carbonyl (C=O) groups is 1. The first-order valence-corrected chi connectivity index (χ1v) is 15.0. The van der Waals surface area contributed by atoms with Crippen LogP contribution in [0.25, 0.3) is 6.08 Å². The van der Waals surface area contributed by atoms with Gasteiger partial charge in [0.2, 0.25) is 0 Å². The van der Waals surface area contributed by atoms with Gasteiger partial charge >= 0.3 is 0 Å². The number of benzene rings is 4. The number of nitrogens with zero attached hydrogens (tertiary/aromatic N) is 3. The first-order chi connectivity index (χ1) is 21.9. The van der Waals surface area contributed by atoms with Crippen molar-refractivity contribution in [2.75, 3.05) is 12.4 Å². The quantitative estimate of drug-likeness (QED) is 0.255. The third-order valence-corrected chi connectivity index (χ3v) is 8.40. The molecule has 1 atom stereocenters. The van der Waals surface area contributed by atoms with E-state index in [1.54, 1.807) is 24.7 Å². The van der Waals surface area contributed by atoms with Crippen LogP contribution >= 0.6 is 11.3 Å². The minimum atomic E-state index is -0.714. The average Bonchev–Trinajstić information content (AvgIpc) is 3.37. The Morgan fingerprint density at radius 3 is 2.51 bits per heavy atom. The van der Waals surface area contributed by atoms with Gasteiger partial charge in [0.25, 0.3) is 11.5 Å². The van der Waals surface area contributed by atoms with Gasteiger partial charge in [-0.25, -0.2) is 4.99 Å². The SMILES string of the molecule is COc1cccc([C@H]2C(C(=O)Nc3ccccc3)=C(C)N=c3s/c(=C\c4ccc(OCc5ccccc5C#N)cc4)c(=O)n32)c1. The Kier molecular flexibility index (Phi) is 8.40. The molecule has 2 heterocycles. The number of fused-ring (bicyclic) bond motifs is 1. The van der Waals surface area contributed by atoms with Crippen molar-refractivity contribution in [3.63, 3.8) is 0 Å². The van der Waals surface area contributed by atoms with E-state index in [0.717, 1.165) is 16.7 Å². The fraction of sp³-hybridized carbons (Fsp3) is 0.111. The summed E-state index contributed by atoms with van der Waals surface area (Å²) in [7, 11) is 1.58. The molecule has 0 aliphatic carbocycles. The van der Waals surface area contributed by atoms with E-state index in [4.69, 9.17) is 14.5 Å². The first kappa shape index (κ1) is 29.4. The molecule has 1 N–H and O–H groups in total. The van der Waals surface area contributed by atoms with Crippen molar-refractivity contribution in [2.24, 2.45) is 4.99 Å². The maximum absolute atomic E-state index is 14.0. The van der Waals surface area contributed by atoms with Gasteiger partial charge in [-0.3, -0.25) is 14.2 Å². The summed E-state index contributed by atoms with van der Waals surface area (Å²) < 4.78 is 13.4. The van der Waals surface area contributed by atoms with Gasteiger partial charge in [0, 0.05) is 11.3 Å². The highest BCUT2D eigenvalue weighted by Crippen LogP contribution is 2.32. The number of amides is 1. The number of nitriles is 1. The fourth-order valence-corrected chi connectivity index (χ4v) is 6.23. The van der Waals surface area contributed by atoms with Crippen LogP contribution < -0.4 is 29.7 Å². The molecule has 4 aromatic carbocycles. The summed E-state index contributed by atoms with van der Waals surface area (Å²) in [5.74, 6) is 0.923. The van der Waals surface area contributed by atoms with Crippen LogP contribution in [0.2, 0.25) is 0 Å². The minimum absolute atomic E-state index is 0.252. The first-order valence-electron chi connectivity index (χ1n) is 14.2. The topological polar surface area (TPSA) is 106 Å². The van der Waals surface area contributed by atoms with Crippen LogP contribution in [0.15, 0.2) is 124 Å². The minimum Gasteiger partial charge on any atom is -0.497 e. The monoisotopic (exact) mass is 612 g/mol. The molecular weight excluding hydrogens is 584 g/mol. The van der Waals surface area contributed by atoms with Crippen molar-refractivity contribution >= 4 is 29.0 Å². The Bertz CT molecular complexity index is 2140. The van der Waals surface area contributed by atoms with Gasteiger partial charge in [-0.05, 0) is 66.6 Å². The van der Waals surface area contributed by atoms with Crippen molar-refractivity contribution in [2.45, 2.75) is 19.6 Å². The number of carbonyl (C=O) groups excluding carboxylic acids is 1. The van der Waals surface area contributed by atoms with Crippen LogP contribution in [0.1, 0.15) is 35.2 Å². The molecule has 9 heteroatoms. The molecule has 1 aliphatic heterocycles. The number of allylic oxidation sites excluding steroid dienone is 1. The van der Waals surface area contributed by atoms with Crippen LogP contribution in [-0.4, -0.2) is 17.6 Å². The number of aromatic nitrogens is 1. The van der Waals surface area contributed by atoms with Crippen molar-refractivity contribution in [3.8, 4) is 17.6 Å². The molecule has 0 fully saturated rings. The Morgan fingerprint density at radius 1 is 1.00 bits per heavy atom. The molecule has 0 bridgehead atoms. The number of para-hydroxylation sites is 1. The molecule has 45 heavy (non-hydrogen) atoms. The van der Waals surface area contributed by atoms with Gasteiger partial charge in [0.05, 0.1) is 40.6 Å². The number of nitrogens with one attached hydrogen (secondary N) is 1. The molecule has 0 spiro atoms. The lowest BCUT2D eigenvalue weighted by Gasteiger charge is -2.25. The Balaban J connectivity index is 1.35. The molecule has 5 aromatic rings. The lowest BCUT2D eigenvalue weighted by atomic mass is 9.95. The van der Waals surface area contributed by atoms with E-state index in [-0.39, 0.29) is 18.1 Å². The Morgan fingerprint density at radius 2 is 1.76 bits per heavy atom. The van der Waals surface area contributed by atoms with Gasteiger partial charge in [0.1, 0.15) is 18.1 Å². The molecule has 0 radical (unpaired) electrons. The van der Waals surface area contributed by atoms with Gasteiger partial charge in [0.15, 0.2) is 4.80 Å². The largest absolute Gasteiger partial charge is 0.497 e. The predicted molar refractivity (Wildman–Crippen MR) is 174 cm³/mol. The van der Waals surface area contributed by atoms with E-state index in [9.17, 15) is 14.9 Å². The zero-order chi connectivity index (χ0) is 31.3. The summed E-state index contributed by atoms with van der Waals surface area (Å²) in [6, 6.07) is 32.7. The van der Waals surface area contributed by atoms with E-state index in [1.165, 1.54) is 11.3 Å². The number of thiazole rings is 1. The lowest BCUT2D eigenvalue weighted by Crippen LogP contribution is -2.40. The molecule has 222 valence electrons. The summed E-state index contributed by atoms with van der Waals surface area (Å²) in [6.45, 7) is 2.06. The summed E-state index contributed by atoms with van der Waals surface area (Å²) in [6.07, 6.45) is 1.81. The van der Waals surface area contributed by atoms with E-state index in [1.807, 2.05) is 103 Å². The van der Waals surface area contributed by atoms with E-state index in [0.29, 0.717) is 43.4 Å². The number of methoxy groups -OCH3 is 1. The van der Waals surface area contributed by atoms with Crippen LogP contribution in [-0.2, 0) is 11.4 Å². The van der Waals surface area contributed by atoms with Crippen LogP contribution in [0.3, 0.4) is 0 Å². The standard InChI is InChI=1S/C36H28N4O4S/c1-23-32(34(41)39-28-12-4-3-5-13-28)33(25-11-8-14-30(20-25)43-2)40-35(42)31(45-36(40)38-23)19-24-15-17-29(18-16-24)44-22-27-10-7-6-9-26(27)21-37/h3-20,33H,22H2,1-2H3,(H,39,41)/b31-19-/t33-/m0/s1. The molecule has 0 saturated heterocycles. The van der Waals surface area contributed by atoms with Gasteiger partial charge in [-0.2, -0.15) is 5.26 Å². The normalized spacial score (nSPS) is 14.2. The van der Waals surface area contributed by atoms with Gasteiger partial charge < -0.3 is 14.8 Å². The highest BCUT2D eigenvalue weighted by atomic mass is 32.1. The zero-order valence-electron chi connectivity index (χ0n) is 24.6. The van der Waals surface area contributed by atoms with Crippen molar-refractivity contribution < 1.29 is 14.3 Å². The number of hydrogen-bond donors (Lipinski definition) is 1. The molecule has 1 amide bonds. The Labute approximate surface area is 263 Å². The molecule has 1 aliphatic rings. The Hall–Kier alpha value is -5.72. The van der Waals surface area contributed by atoms with Gasteiger partial charge in [-0.1, -0.05) is 72.0 Å². The molecule has 0 unspecified atom stereocenters. The average molecular weight is 613 g/mol. The second kappa shape index (κ2) is 12.9. The highest BCUT2D eigenvalue weighted by molar-refractivity contribution is 7.07. The number of rotatable bonds is 8. The van der Waals surface area contributed by atoms with Crippen molar-refractivity contribution in [1.82, 2.24) is 4.57 Å². The summed E-state index contributed by atoms with van der Waals surface area (Å²) in [5.41, 5.74) is 4.23. The molecule has 8 nitrogen and oxygen atoms in total. The second-order valence-electron chi connectivity index (χ2n) is 10.3. The van der Waals surface area contributed by atoms with E-state index < -0.39 is 6.04 Å². The van der Waals surface area contributed by atoms with Crippen molar-refractivity contribution in [1.29, 1.82) is 5.26 Å². The molecule has 0 saturated carbocycles. The van der Waals surface area contributed by atoms with Crippen LogP contribution in [0, 0.1) is 11.3 Å². The van der Waals surface area contributed by atoms with E-state index >= 15 is 0 Å². The predicted octanol–water partition coefficient (Wildman–Crippen LogP) is 5.33. The van der Waals surface area contributed by atoms with E-state index in [2.05, 4.69) is 11.4 Å². The number of hydrogen-bond acceptors (Lipinski definition) is 7. The fourth-order valence-electron chi connectivity index (χ4n) is 5.19. The van der Waals surface area contributed by atoms with Crippen LogP contribution in [0.4, 0.5) is 5.69 Å². The maximum Gasteiger partial charge on any atom is 0.271 e. The molecule has 1 aromatic heterocycles. The zero-order valence-corrected chi connectivity index (χ0v) is 25.4. The lowest BCUT2D eigenvalue weighted by molar-refractivity contribution is -0.113. The maximum atomic E-state index is 14.0. The van der Waals surface area contributed by atoms with Crippen molar-refractivity contribution in [3.05, 3.63) is 156 Å². The summed E-state index contributed by atoms with van der Waals surface area (Å²) in [5, 5.41) is 12.3. The molecule has 6 rings (SSSR count). The highest BCUT2D eigenvalue weighted by Gasteiger charge is 2.32. The van der Waals surface area contributed by atoms with Crippen LogP contribution in [0.5, 0.6) is 11.5 Å². The number of ether oxygens (including phenoxy) is 2. The molecular formula is C36H28N4O4S.